The lowest BCUT2D eigenvalue weighted by Gasteiger charge is -2.08. The van der Waals surface area contributed by atoms with Crippen LogP contribution in [0.1, 0.15) is 63.5 Å². The van der Waals surface area contributed by atoms with Crippen LogP contribution >= 0.6 is 0 Å². The maximum atomic E-state index is 13.5. The molecule has 2 saturated carbocycles. The molecule has 0 radical (unpaired) electrons. The van der Waals surface area contributed by atoms with Crippen molar-refractivity contribution in [3.05, 3.63) is 23.8 Å². The predicted octanol–water partition coefficient (Wildman–Crippen LogP) is 4.53. The minimum Gasteiger partial charge on any atom is -0.334 e. The second kappa shape index (κ2) is 5.33. The number of fused-ring (bicyclic) bond motifs is 1. The molecule has 0 amide bonds. The summed E-state index contributed by atoms with van der Waals surface area (Å²) in [5.41, 5.74) is 1.51. The molecule has 2 aliphatic rings. The van der Waals surface area contributed by atoms with Gasteiger partial charge in [-0.05, 0) is 32.8 Å². The Hall–Kier alpha value is -2.38. The molecule has 0 saturated heterocycles. The van der Waals surface area contributed by atoms with E-state index in [9.17, 15) is 8.78 Å². The molecule has 0 N–H and O–H groups in total. The fourth-order valence-corrected chi connectivity index (χ4v) is 3.60. The van der Waals surface area contributed by atoms with Gasteiger partial charge in [-0.15, -0.1) is 0 Å². The van der Waals surface area contributed by atoms with E-state index < -0.39 is 11.3 Å². The smallest absolute Gasteiger partial charge is 0.258 e. The minimum absolute atomic E-state index is 0.110. The van der Waals surface area contributed by atoms with Crippen LogP contribution in [0.4, 0.5) is 8.78 Å². The van der Waals surface area contributed by atoms with E-state index in [2.05, 4.69) is 29.1 Å². The molecule has 1 unspecified atom stereocenters. The van der Waals surface area contributed by atoms with Crippen LogP contribution in [-0.4, -0.2) is 30.8 Å². The van der Waals surface area contributed by atoms with Gasteiger partial charge in [0.15, 0.2) is 11.5 Å². The monoisotopic (exact) mass is 373 g/mol. The van der Waals surface area contributed by atoms with Crippen LogP contribution in [0.5, 0.6) is 0 Å². The number of nitrogens with zero attached hydrogens (tertiary/aromatic N) is 5. The summed E-state index contributed by atoms with van der Waals surface area (Å²) in [6.45, 7) is 5.67. The second-order valence-electron chi connectivity index (χ2n) is 8.42. The Morgan fingerprint density at radius 1 is 1.30 bits per heavy atom. The van der Waals surface area contributed by atoms with Gasteiger partial charge in [0, 0.05) is 35.9 Å². The summed E-state index contributed by atoms with van der Waals surface area (Å²) in [4.78, 5) is 9.23. The van der Waals surface area contributed by atoms with Gasteiger partial charge in [-0.1, -0.05) is 12.1 Å². The van der Waals surface area contributed by atoms with Crippen LogP contribution in [0.3, 0.4) is 0 Å². The third-order valence-electron chi connectivity index (χ3n) is 5.69. The van der Waals surface area contributed by atoms with Gasteiger partial charge >= 0.3 is 0 Å². The molecule has 0 aliphatic heterocycles. The van der Waals surface area contributed by atoms with Crippen molar-refractivity contribution >= 4 is 11.0 Å². The molecule has 3 aromatic rings. The van der Waals surface area contributed by atoms with Gasteiger partial charge in [0.2, 0.25) is 0 Å². The van der Waals surface area contributed by atoms with Crippen molar-refractivity contribution in [2.24, 2.45) is 5.41 Å². The SMILES string of the molecule is CC(C)n1ncc2c(-c3nc(CC4(C)CC4(F)F)no3)cc(C3CC3)nc21. The van der Waals surface area contributed by atoms with Crippen molar-refractivity contribution in [2.75, 3.05) is 0 Å². The van der Waals surface area contributed by atoms with E-state index in [1.807, 2.05) is 10.7 Å². The molecule has 3 heterocycles. The van der Waals surface area contributed by atoms with E-state index in [0.29, 0.717) is 17.6 Å². The summed E-state index contributed by atoms with van der Waals surface area (Å²) >= 11 is 0. The lowest BCUT2D eigenvalue weighted by molar-refractivity contribution is 0.0692. The highest BCUT2D eigenvalue weighted by Gasteiger charge is 2.67. The quantitative estimate of drug-likeness (QED) is 0.657. The maximum Gasteiger partial charge on any atom is 0.258 e. The Labute approximate surface area is 155 Å². The fraction of sp³-hybridized carbons (Fsp3) is 0.579. The highest BCUT2D eigenvalue weighted by molar-refractivity contribution is 5.90. The topological polar surface area (TPSA) is 69.6 Å². The largest absolute Gasteiger partial charge is 0.334 e. The van der Waals surface area contributed by atoms with Gasteiger partial charge in [-0.25, -0.2) is 18.4 Å². The molecule has 27 heavy (non-hydrogen) atoms. The van der Waals surface area contributed by atoms with E-state index in [-0.39, 0.29) is 18.9 Å². The van der Waals surface area contributed by atoms with Gasteiger partial charge in [-0.2, -0.15) is 10.1 Å². The van der Waals surface area contributed by atoms with Gasteiger partial charge in [0.25, 0.3) is 11.8 Å². The van der Waals surface area contributed by atoms with Crippen LogP contribution in [-0.2, 0) is 6.42 Å². The highest BCUT2D eigenvalue weighted by atomic mass is 19.3. The van der Waals surface area contributed by atoms with Crippen LogP contribution < -0.4 is 0 Å². The van der Waals surface area contributed by atoms with E-state index in [1.165, 1.54) is 0 Å². The van der Waals surface area contributed by atoms with E-state index >= 15 is 0 Å². The Bertz CT molecular complexity index is 1040. The molecule has 8 heteroatoms. The summed E-state index contributed by atoms with van der Waals surface area (Å²) in [5, 5.41) is 9.26. The van der Waals surface area contributed by atoms with Crippen molar-refractivity contribution in [2.45, 2.75) is 64.3 Å². The summed E-state index contributed by atoms with van der Waals surface area (Å²) in [7, 11) is 0. The fourth-order valence-electron chi connectivity index (χ4n) is 3.60. The molecule has 5 rings (SSSR count). The number of rotatable bonds is 5. The summed E-state index contributed by atoms with van der Waals surface area (Å²) in [5.74, 6) is -1.53. The van der Waals surface area contributed by atoms with E-state index in [1.54, 1.807) is 13.1 Å². The Kier molecular flexibility index (Phi) is 3.31. The number of aromatic nitrogens is 5. The van der Waals surface area contributed by atoms with Crippen molar-refractivity contribution in [1.29, 1.82) is 0 Å². The number of hydrogen-bond donors (Lipinski definition) is 0. The average molecular weight is 373 g/mol. The first-order chi connectivity index (χ1) is 12.8. The molecule has 142 valence electrons. The first-order valence-electron chi connectivity index (χ1n) is 9.36. The molecule has 6 nitrogen and oxygen atoms in total. The molecule has 3 aromatic heterocycles. The molecule has 0 aromatic carbocycles. The number of pyridine rings is 1. The molecular formula is C19H21F2N5O. The van der Waals surface area contributed by atoms with Gasteiger partial charge in [0.05, 0.1) is 17.1 Å². The molecule has 2 aliphatic carbocycles. The van der Waals surface area contributed by atoms with Crippen molar-refractivity contribution in [3.63, 3.8) is 0 Å². The zero-order chi connectivity index (χ0) is 19.0. The lowest BCUT2D eigenvalue weighted by atomic mass is 10.0. The van der Waals surface area contributed by atoms with Gasteiger partial charge < -0.3 is 4.52 Å². The molecule has 0 bridgehead atoms. The van der Waals surface area contributed by atoms with E-state index in [0.717, 1.165) is 35.1 Å². The Morgan fingerprint density at radius 2 is 2.04 bits per heavy atom. The summed E-state index contributed by atoms with van der Waals surface area (Å²) in [6.07, 6.45) is 3.98. The third-order valence-corrected chi connectivity index (χ3v) is 5.69. The summed E-state index contributed by atoms with van der Waals surface area (Å²) < 4.78 is 34.4. The number of halogens is 2. The van der Waals surface area contributed by atoms with Gasteiger partial charge in [-0.3, -0.25) is 0 Å². The normalized spacial score (nSPS) is 24.1. The Morgan fingerprint density at radius 3 is 2.67 bits per heavy atom. The average Bonchev–Trinajstić information content (AvgIpc) is 3.36. The van der Waals surface area contributed by atoms with E-state index in [4.69, 9.17) is 9.51 Å². The molecule has 2 fully saturated rings. The standard InChI is InChI=1S/C19H21F2N5O/c1-10(2)26-16-13(8-22-26)12(6-14(23-16)11-4-5-11)17-24-15(25-27-17)7-18(3)9-19(18,20)21/h6,8,10-11H,4-5,7,9H2,1-3H3. The van der Waals surface area contributed by atoms with Crippen molar-refractivity contribution in [3.8, 4) is 11.5 Å². The molecular weight excluding hydrogens is 352 g/mol. The summed E-state index contributed by atoms with van der Waals surface area (Å²) in [6, 6.07) is 2.16. The molecule has 1 atom stereocenters. The first-order valence-corrected chi connectivity index (χ1v) is 9.36. The third kappa shape index (κ3) is 2.64. The minimum atomic E-state index is -2.64. The van der Waals surface area contributed by atoms with Crippen LogP contribution in [0.2, 0.25) is 0 Å². The highest BCUT2D eigenvalue weighted by Crippen LogP contribution is 2.61. The first kappa shape index (κ1) is 16.8. The number of alkyl halides is 2. The Balaban J connectivity index is 1.57. The zero-order valence-electron chi connectivity index (χ0n) is 15.5. The second-order valence-corrected chi connectivity index (χ2v) is 8.42. The van der Waals surface area contributed by atoms with Gasteiger partial charge in [0.1, 0.15) is 0 Å². The van der Waals surface area contributed by atoms with Crippen LogP contribution in [0.15, 0.2) is 16.8 Å². The van der Waals surface area contributed by atoms with Crippen molar-refractivity contribution < 1.29 is 13.3 Å². The lowest BCUT2D eigenvalue weighted by Crippen LogP contribution is -2.11. The predicted molar refractivity (Wildman–Crippen MR) is 94.6 cm³/mol. The zero-order valence-corrected chi connectivity index (χ0v) is 15.5. The van der Waals surface area contributed by atoms with Crippen LogP contribution in [0.25, 0.3) is 22.5 Å². The maximum absolute atomic E-state index is 13.5. The number of hydrogen-bond acceptors (Lipinski definition) is 5. The van der Waals surface area contributed by atoms with Crippen molar-refractivity contribution in [1.82, 2.24) is 24.9 Å². The molecule has 0 spiro atoms. The van der Waals surface area contributed by atoms with Crippen LogP contribution in [0, 0.1) is 5.41 Å².